The van der Waals surface area contributed by atoms with Gasteiger partial charge in [0.05, 0.1) is 49.0 Å². The van der Waals surface area contributed by atoms with Crippen molar-refractivity contribution in [1.29, 1.82) is 0 Å². The lowest BCUT2D eigenvalue weighted by molar-refractivity contribution is -0.148. The van der Waals surface area contributed by atoms with Crippen LogP contribution in [-0.2, 0) is 16.6 Å². The van der Waals surface area contributed by atoms with Crippen molar-refractivity contribution in [2.75, 3.05) is 18.5 Å². The third-order valence-corrected chi connectivity index (χ3v) is 9.44. The lowest BCUT2D eigenvalue weighted by Crippen LogP contribution is -2.31. The third kappa shape index (κ3) is 5.61. The van der Waals surface area contributed by atoms with Gasteiger partial charge in [0.1, 0.15) is 23.6 Å². The van der Waals surface area contributed by atoms with Crippen LogP contribution in [0.25, 0.3) is 16.6 Å². The first-order chi connectivity index (χ1) is 21.4. The van der Waals surface area contributed by atoms with Gasteiger partial charge in [-0.05, 0) is 65.9 Å². The summed E-state index contributed by atoms with van der Waals surface area (Å²) in [4.78, 5) is 17.0. The number of benzene rings is 3. The van der Waals surface area contributed by atoms with E-state index >= 15 is 4.39 Å². The number of oxazole rings is 1. The number of fused-ring (bicyclic) bond motifs is 1. The normalized spacial score (nSPS) is 16.5. The molecular weight excluding hydrogens is 618 g/mol. The van der Waals surface area contributed by atoms with E-state index in [2.05, 4.69) is 4.98 Å². The van der Waals surface area contributed by atoms with Crippen LogP contribution in [0.15, 0.2) is 93.3 Å². The number of methoxy groups -OCH3 is 2. The van der Waals surface area contributed by atoms with Crippen molar-refractivity contribution in [2.45, 2.75) is 30.0 Å². The molecule has 0 amide bonds. The Kier molecular flexibility index (Phi) is 7.55. The van der Waals surface area contributed by atoms with Crippen LogP contribution in [0.1, 0.15) is 23.5 Å². The number of pyridine rings is 1. The highest BCUT2D eigenvalue weighted by Gasteiger charge is 2.57. The minimum absolute atomic E-state index is 0.0138. The number of hydrogen-bond acceptors (Lipinski definition) is 7. The second kappa shape index (κ2) is 11.3. The van der Waals surface area contributed by atoms with E-state index in [-0.39, 0.29) is 46.4 Å². The Labute approximate surface area is 254 Å². The second-order valence-corrected chi connectivity index (χ2v) is 12.3. The van der Waals surface area contributed by atoms with Crippen LogP contribution >= 0.6 is 0 Å². The number of alkyl halides is 3. The van der Waals surface area contributed by atoms with E-state index in [1.165, 1.54) is 63.1 Å². The average molecular weight is 644 g/mol. The topological polar surface area (TPSA) is 104 Å². The van der Waals surface area contributed by atoms with Crippen LogP contribution in [0.5, 0.6) is 11.5 Å². The first-order valence-corrected chi connectivity index (χ1v) is 15.0. The lowest BCUT2D eigenvalue weighted by Gasteiger charge is -2.21. The molecule has 0 aliphatic heterocycles. The minimum Gasteiger partial charge on any atom is -0.497 e. The van der Waals surface area contributed by atoms with E-state index in [1.807, 2.05) is 0 Å². The van der Waals surface area contributed by atoms with Gasteiger partial charge in [-0.3, -0.25) is 9.36 Å². The zero-order valence-electron chi connectivity index (χ0n) is 23.8. The smallest absolute Gasteiger partial charge is 0.392 e. The van der Waals surface area contributed by atoms with Gasteiger partial charge in [0, 0.05) is 17.5 Å². The predicted molar refractivity (Wildman–Crippen MR) is 156 cm³/mol. The van der Waals surface area contributed by atoms with E-state index in [1.54, 1.807) is 24.3 Å². The Morgan fingerprint density at radius 3 is 2.40 bits per heavy atom. The van der Waals surface area contributed by atoms with Crippen LogP contribution in [-0.4, -0.2) is 38.4 Å². The van der Waals surface area contributed by atoms with Gasteiger partial charge in [0.25, 0.3) is 15.6 Å². The molecule has 234 valence electrons. The Balaban J connectivity index is 1.41. The van der Waals surface area contributed by atoms with Gasteiger partial charge in [0.2, 0.25) is 0 Å². The maximum absolute atomic E-state index is 15.3. The molecule has 14 heteroatoms. The monoisotopic (exact) mass is 643 g/mol. The summed E-state index contributed by atoms with van der Waals surface area (Å²) in [6, 6.07) is 15.4. The van der Waals surface area contributed by atoms with Crippen molar-refractivity contribution in [1.82, 2.24) is 9.55 Å². The van der Waals surface area contributed by atoms with Gasteiger partial charge >= 0.3 is 12.2 Å². The summed E-state index contributed by atoms with van der Waals surface area (Å²) in [6.07, 6.45) is -2.13. The van der Waals surface area contributed by atoms with Crippen molar-refractivity contribution in [3.05, 3.63) is 106 Å². The number of aromatic nitrogens is 2. The molecule has 2 atom stereocenters. The largest absolute Gasteiger partial charge is 0.497 e. The summed E-state index contributed by atoms with van der Waals surface area (Å²) in [5, 5.41) is 0.304. The maximum Gasteiger partial charge on any atom is 0.392 e. The molecule has 0 radical (unpaired) electrons. The van der Waals surface area contributed by atoms with Crippen molar-refractivity contribution in [2.24, 2.45) is 5.92 Å². The molecule has 9 nitrogen and oxygen atoms in total. The molecule has 6 rings (SSSR count). The molecular formula is C31H25F4N3O6S. The highest BCUT2D eigenvalue weighted by Crippen LogP contribution is 2.57. The van der Waals surface area contributed by atoms with E-state index in [0.717, 1.165) is 14.9 Å². The third-order valence-electron chi connectivity index (χ3n) is 7.72. The van der Waals surface area contributed by atoms with Crippen molar-refractivity contribution in [3.8, 4) is 17.2 Å². The Bertz CT molecular complexity index is 2050. The Morgan fingerprint density at radius 1 is 1.02 bits per heavy atom. The summed E-state index contributed by atoms with van der Waals surface area (Å²) in [5.41, 5.74) is 0.0454. The number of halogens is 4. The van der Waals surface area contributed by atoms with Crippen LogP contribution in [0.3, 0.4) is 0 Å². The average Bonchev–Trinajstić information content (AvgIpc) is 3.66. The molecule has 3 aromatic carbocycles. The van der Waals surface area contributed by atoms with E-state index < -0.39 is 39.4 Å². The minimum atomic E-state index is -4.45. The Morgan fingerprint density at radius 2 is 1.78 bits per heavy atom. The zero-order chi connectivity index (χ0) is 32.1. The Hall–Kier alpha value is -4.85. The van der Waals surface area contributed by atoms with Crippen LogP contribution in [0.4, 0.5) is 23.6 Å². The molecule has 1 aliphatic rings. The fourth-order valence-corrected chi connectivity index (χ4v) is 6.72. The van der Waals surface area contributed by atoms with Crippen LogP contribution < -0.4 is 19.3 Å². The predicted octanol–water partition coefficient (Wildman–Crippen LogP) is 6.20. The molecule has 2 heterocycles. The molecule has 0 saturated heterocycles. The highest BCUT2D eigenvalue weighted by molar-refractivity contribution is 7.92. The molecule has 1 saturated carbocycles. The maximum atomic E-state index is 15.3. The van der Waals surface area contributed by atoms with Gasteiger partial charge in [-0.1, -0.05) is 12.1 Å². The van der Waals surface area contributed by atoms with Gasteiger partial charge in [0.15, 0.2) is 0 Å². The second-order valence-electron chi connectivity index (χ2n) is 10.4. The van der Waals surface area contributed by atoms with Crippen LogP contribution in [0.2, 0.25) is 0 Å². The first kappa shape index (κ1) is 30.2. The fraction of sp³-hybridized carbons (Fsp3) is 0.226. The molecule has 0 bridgehead atoms. The lowest BCUT2D eigenvalue weighted by atomic mass is 10.1. The van der Waals surface area contributed by atoms with Gasteiger partial charge < -0.3 is 13.9 Å². The number of hydrogen-bond donors (Lipinski definition) is 0. The molecule has 2 aromatic heterocycles. The zero-order valence-corrected chi connectivity index (χ0v) is 24.6. The van der Waals surface area contributed by atoms with Crippen molar-refractivity contribution < 1.29 is 39.9 Å². The van der Waals surface area contributed by atoms with Crippen molar-refractivity contribution >= 4 is 26.9 Å². The molecule has 0 spiro atoms. The number of rotatable bonds is 9. The van der Waals surface area contributed by atoms with Gasteiger partial charge in [-0.15, -0.1) is 0 Å². The number of ether oxygens (including phenoxy) is 2. The molecule has 45 heavy (non-hydrogen) atoms. The summed E-state index contributed by atoms with van der Waals surface area (Å²) in [6.45, 7) is -0.122. The summed E-state index contributed by atoms with van der Waals surface area (Å²) >= 11 is 0. The van der Waals surface area contributed by atoms with Crippen molar-refractivity contribution in [3.63, 3.8) is 0 Å². The molecule has 1 aliphatic carbocycles. The van der Waals surface area contributed by atoms with E-state index in [9.17, 15) is 26.4 Å². The molecule has 5 aromatic rings. The van der Waals surface area contributed by atoms with Crippen LogP contribution in [0, 0.1) is 11.7 Å². The quantitative estimate of drug-likeness (QED) is 0.176. The highest BCUT2D eigenvalue weighted by atomic mass is 32.2. The number of anilines is 1. The fourth-order valence-electron chi connectivity index (χ4n) is 5.33. The summed E-state index contributed by atoms with van der Waals surface area (Å²) in [5.74, 6) is -3.03. The summed E-state index contributed by atoms with van der Waals surface area (Å²) in [7, 11) is -1.51. The molecule has 0 unspecified atom stereocenters. The van der Waals surface area contributed by atoms with Gasteiger partial charge in [-0.2, -0.15) is 13.2 Å². The van der Waals surface area contributed by atoms with E-state index in [0.29, 0.717) is 16.7 Å². The standard InChI is InChI=1S/C31H25F4N3O6S/c1-42-20-6-3-18(4-7-20)17-37(30-36-11-12-44-30)45(40,41)21-8-9-26-19(13-21)5-10-29(39)38(26)27-16-25(32)23(15-28(27)43-2)22-14-24(22)31(33,34)35/h3-13,15-16,22,24H,14,17H2,1-2H3/t22-,24+/m0/s1. The molecule has 0 N–H and O–H groups in total. The number of nitrogens with zero attached hydrogens (tertiary/aromatic N) is 3. The summed E-state index contributed by atoms with van der Waals surface area (Å²) < 4.78 is 101. The van der Waals surface area contributed by atoms with Gasteiger partial charge in [-0.25, -0.2) is 22.1 Å². The number of sulfonamides is 1. The SMILES string of the molecule is COc1ccc(CN(c2ncco2)S(=O)(=O)c2ccc3c(ccc(=O)n3-c3cc(F)c([C@@H]4C[C@H]4C(F)(F)F)cc3OC)c2)cc1. The first-order valence-electron chi connectivity index (χ1n) is 13.6. The van der Waals surface area contributed by atoms with E-state index in [4.69, 9.17) is 13.9 Å². The molecule has 1 fully saturated rings.